The van der Waals surface area contributed by atoms with E-state index in [0.717, 1.165) is 25.9 Å². The van der Waals surface area contributed by atoms with E-state index < -0.39 is 0 Å². The van der Waals surface area contributed by atoms with Gasteiger partial charge in [-0.25, -0.2) is 0 Å². The molecule has 0 amide bonds. The van der Waals surface area contributed by atoms with E-state index in [0.29, 0.717) is 5.41 Å². The summed E-state index contributed by atoms with van der Waals surface area (Å²) in [7, 11) is 0. The summed E-state index contributed by atoms with van der Waals surface area (Å²) in [6.45, 7) is 6.69. The molecule has 1 fully saturated rings. The highest BCUT2D eigenvalue weighted by atomic mass is 16.3. The van der Waals surface area contributed by atoms with Crippen LogP contribution in [0.3, 0.4) is 0 Å². The summed E-state index contributed by atoms with van der Waals surface area (Å²) in [5.74, 6) is 0. The lowest BCUT2D eigenvalue weighted by atomic mass is 9.70. The van der Waals surface area contributed by atoms with Crippen molar-refractivity contribution in [2.75, 3.05) is 13.1 Å². The molecule has 0 bridgehead atoms. The maximum atomic E-state index is 9.69. The highest BCUT2D eigenvalue weighted by Crippen LogP contribution is 2.40. The number of hydrogen-bond donors (Lipinski definition) is 2. The fourth-order valence-electron chi connectivity index (χ4n) is 3.22. The number of unbranched alkanes of at least 4 members (excludes halogenated alkanes) is 4. The van der Waals surface area contributed by atoms with Gasteiger partial charge < -0.3 is 10.4 Å². The van der Waals surface area contributed by atoms with Crippen molar-refractivity contribution in [1.29, 1.82) is 0 Å². The Balaban J connectivity index is 2.30. The molecule has 1 saturated carbocycles. The van der Waals surface area contributed by atoms with Crippen molar-refractivity contribution < 1.29 is 5.11 Å². The first-order chi connectivity index (χ1) is 8.72. The highest BCUT2D eigenvalue weighted by molar-refractivity contribution is 4.87. The summed E-state index contributed by atoms with van der Waals surface area (Å²) in [6.07, 6.45) is 12.7. The average molecular weight is 255 g/mol. The lowest BCUT2D eigenvalue weighted by molar-refractivity contribution is 0.0557. The van der Waals surface area contributed by atoms with Crippen molar-refractivity contribution in [3.63, 3.8) is 0 Å². The van der Waals surface area contributed by atoms with E-state index in [2.05, 4.69) is 19.2 Å². The minimum atomic E-state index is -0.0279. The largest absolute Gasteiger partial charge is 0.393 e. The quantitative estimate of drug-likeness (QED) is 0.613. The van der Waals surface area contributed by atoms with Gasteiger partial charge in [0.05, 0.1) is 6.10 Å². The monoisotopic (exact) mass is 255 g/mol. The summed E-state index contributed by atoms with van der Waals surface area (Å²) in [5.41, 5.74) is 0.488. The van der Waals surface area contributed by atoms with Gasteiger partial charge in [-0.2, -0.15) is 0 Å². The Morgan fingerprint density at radius 1 is 1.06 bits per heavy atom. The van der Waals surface area contributed by atoms with E-state index in [9.17, 15) is 5.11 Å². The number of hydrogen-bond acceptors (Lipinski definition) is 2. The van der Waals surface area contributed by atoms with Crippen LogP contribution in [-0.4, -0.2) is 24.3 Å². The molecule has 1 aliphatic rings. The Hall–Kier alpha value is -0.0800. The fourth-order valence-corrected chi connectivity index (χ4v) is 3.22. The number of rotatable bonds is 9. The van der Waals surface area contributed by atoms with Crippen molar-refractivity contribution in [3.8, 4) is 0 Å². The molecule has 0 unspecified atom stereocenters. The minimum Gasteiger partial charge on any atom is -0.393 e. The molecule has 0 aromatic heterocycles. The molecule has 0 spiro atoms. The van der Waals surface area contributed by atoms with Crippen LogP contribution in [0.15, 0.2) is 0 Å². The molecule has 0 aromatic carbocycles. The molecule has 1 rings (SSSR count). The summed E-state index contributed by atoms with van der Waals surface area (Å²) >= 11 is 0. The SMILES string of the molecule is CCCCCCCC1(CNCC)CCC(O)CC1. The van der Waals surface area contributed by atoms with Gasteiger partial charge >= 0.3 is 0 Å². The smallest absolute Gasteiger partial charge is 0.0540 e. The molecule has 0 atom stereocenters. The second-order valence-corrected chi connectivity index (χ2v) is 6.18. The summed E-state index contributed by atoms with van der Waals surface area (Å²) in [6, 6.07) is 0. The van der Waals surface area contributed by atoms with E-state index in [1.807, 2.05) is 0 Å². The standard InChI is InChI=1S/C16H33NO/c1-3-5-6-7-8-11-16(14-17-4-2)12-9-15(18)10-13-16/h15,17-18H,3-14H2,1-2H3. The van der Waals surface area contributed by atoms with Crippen LogP contribution in [0, 0.1) is 5.41 Å². The van der Waals surface area contributed by atoms with E-state index >= 15 is 0 Å². The van der Waals surface area contributed by atoms with Gasteiger partial charge in [0.2, 0.25) is 0 Å². The van der Waals surface area contributed by atoms with Crippen LogP contribution >= 0.6 is 0 Å². The number of aliphatic hydroxyl groups is 1. The molecular formula is C16H33NO. The Morgan fingerprint density at radius 2 is 1.72 bits per heavy atom. The van der Waals surface area contributed by atoms with Gasteiger partial charge in [-0.15, -0.1) is 0 Å². The van der Waals surface area contributed by atoms with Crippen molar-refractivity contribution in [2.45, 2.75) is 84.2 Å². The molecule has 2 heteroatoms. The molecule has 1 aliphatic carbocycles. The van der Waals surface area contributed by atoms with Gasteiger partial charge in [0, 0.05) is 6.54 Å². The summed E-state index contributed by atoms with van der Waals surface area (Å²) < 4.78 is 0. The van der Waals surface area contributed by atoms with Crippen LogP contribution in [0.25, 0.3) is 0 Å². The zero-order valence-corrected chi connectivity index (χ0v) is 12.5. The van der Waals surface area contributed by atoms with E-state index in [1.165, 1.54) is 51.4 Å². The Kier molecular flexibility index (Phi) is 7.92. The Labute approximate surface area is 114 Å². The second-order valence-electron chi connectivity index (χ2n) is 6.18. The van der Waals surface area contributed by atoms with Gasteiger partial charge in [0.25, 0.3) is 0 Å². The Morgan fingerprint density at radius 3 is 2.33 bits per heavy atom. The minimum absolute atomic E-state index is 0.0279. The third-order valence-corrected chi connectivity index (χ3v) is 4.58. The fraction of sp³-hybridized carbons (Fsp3) is 1.00. The second kappa shape index (κ2) is 8.92. The zero-order chi connectivity index (χ0) is 13.3. The van der Waals surface area contributed by atoms with Crippen molar-refractivity contribution in [2.24, 2.45) is 5.41 Å². The van der Waals surface area contributed by atoms with Crippen LogP contribution in [0.5, 0.6) is 0 Å². The number of nitrogens with one attached hydrogen (secondary N) is 1. The molecule has 0 aliphatic heterocycles. The molecule has 18 heavy (non-hydrogen) atoms. The van der Waals surface area contributed by atoms with E-state index in [1.54, 1.807) is 0 Å². The Bertz CT molecular complexity index is 192. The van der Waals surface area contributed by atoms with Gasteiger partial charge in [-0.05, 0) is 44.1 Å². The van der Waals surface area contributed by atoms with Crippen molar-refractivity contribution >= 4 is 0 Å². The summed E-state index contributed by atoms with van der Waals surface area (Å²) in [4.78, 5) is 0. The normalized spacial score (nSPS) is 28.5. The van der Waals surface area contributed by atoms with Gasteiger partial charge in [0.1, 0.15) is 0 Å². The third kappa shape index (κ3) is 5.71. The van der Waals surface area contributed by atoms with Crippen LogP contribution in [0.4, 0.5) is 0 Å². The van der Waals surface area contributed by atoms with Crippen LogP contribution < -0.4 is 5.32 Å². The van der Waals surface area contributed by atoms with Crippen LogP contribution in [0.2, 0.25) is 0 Å². The third-order valence-electron chi connectivity index (χ3n) is 4.58. The lowest BCUT2D eigenvalue weighted by Gasteiger charge is -2.39. The molecule has 0 aromatic rings. The van der Waals surface area contributed by atoms with Gasteiger partial charge in [-0.1, -0.05) is 46.0 Å². The highest BCUT2D eigenvalue weighted by Gasteiger charge is 2.33. The first-order valence-corrected chi connectivity index (χ1v) is 8.11. The summed E-state index contributed by atoms with van der Waals surface area (Å²) in [5, 5.41) is 13.2. The molecule has 0 saturated heterocycles. The van der Waals surface area contributed by atoms with Crippen LogP contribution in [-0.2, 0) is 0 Å². The molecule has 0 heterocycles. The van der Waals surface area contributed by atoms with Gasteiger partial charge in [-0.3, -0.25) is 0 Å². The molecule has 0 radical (unpaired) electrons. The average Bonchev–Trinajstić information content (AvgIpc) is 2.39. The molecular weight excluding hydrogens is 222 g/mol. The first kappa shape index (κ1) is 16.0. The maximum Gasteiger partial charge on any atom is 0.0540 e. The van der Waals surface area contributed by atoms with Crippen molar-refractivity contribution in [1.82, 2.24) is 5.32 Å². The molecule has 2 nitrogen and oxygen atoms in total. The van der Waals surface area contributed by atoms with Crippen molar-refractivity contribution in [3.05, 3.63) is 0 Å². The predicted molar refractivity (Wildman–Crippen MR) is 78.8 cm³/mol. The maximum absolute atomic E-state index is 9.69. The zero-order valence-electron chi connectivity index (χ0n) is 12.5. The topological polar surface area (TPSA) is 32.3 Å². The van der Waals surface area contributed by atoms with E-state index in [-0.39, 0.29) is 6.10 Å². The van der Waals surface area contributed by atoms with E-state index in [4.69, 9.17) is 0 Å². The lowest BCUT2D eigenvalue weighted by Crippen LogP contribution is -2.38. The molecule has 2 N–H and O–H groups in total. The first-order valence-electron chi connectivity index (χ1n) is 8.11. The number of aliphatic hydroxyl groups excluding tert-OH is 1. The van der Waals surface area contributed by atoms with Crippen LogP contribution in [0.1, 0.15) is 78.1 Å². The van der Waals surface area contributed by atoms with Gasteiger partial charge in [0.15, 0.2) is 0 Å². The molecule has 108 valence electrons. The predicted octanol–water partition coefficient (Wildman–Crippen LogP) is 3.88.